The fourth-order valence-corrected chi connectivity index (χ4v) is 0.576. The molecule has 0 heterocycles. The van der Waals surface area contributed by atoms with Gasteiger partial charge in [-0.05, 0) is 0 Å². The van der Waals surface area contributed by atoms with Crippen LogP contribution in [0.15, 0.2) is 23.7 Å². The van der Waals surface area contributed by atoms with Crippen LogP contribution in [0.2, 0.25) is 0 Å². The van der Waals surface area contributed by atoms with E-state index < -0.39 is 59.9 Å². The van der Waals surface area contributed by atoms with Gasteiger partial charge in [0.15, 0.2) is 0 Å². The zero-order valence-corrected chi connectivity index (χ0v) is 13.3. The van der Waals surface area contributed by atoms with Gasteiger partial charge in [0, 0.05) is 32.6 Å². The van der Waals surface area contributed by atoms with Crippen molar-refractivity contribution in [2.45, 2.75) is 24.7 Å². The van der Waals surface area contributed by atoms with Crippen molar-refractivity contribution in [3.63, 3.8) is 0 Å². The number of rotatable bonds is 2. The third-order valence-corrected chi connectivity index (χ3v) is 1.68. The summed E-state index contributed by atoms with van der Waals surface area (Å²) in [5.41, 5.74) is 0. The number of carbonyl (C=O) groups excluding carboxylic acids is 2. The molecule has 0 radical (unpaired) electrons. The minimum Gasteiger partial charge on any atom is -0.504 e. The second-order valence-electron chi connectivity index (χ2n) is 3.78. The Morgan fingerprint density at radius 3 is 0.815 bits per heavy atom. The molecule has 162 valence electrons. The summed E-state index contributed by atoms with van der Waals surface area (Å²) in [5.74, 6) is -10.7. The number of aliphatic hydroxyl groups is 2. The maximum atomic E-state index is 11.4. The van der Waals surface area contributed by atoms with Crippen LogP contribution in [0.1, 0.15) is 0 Å². The number of hydrogen-bond acceptors (Lipinski definition) is 4. The Morgan fingerprint density at radius 2 is 0.704 bits per heavy atom. The number of halogens is 12. The molecule has 0 aromatic rings. The van der Waals surface area contributed by atoms with Crippen LogP contribution in [0.5, 0.6) is 0 Å². The minimum atomic E-state index is -5.42. The molecule has 2 N–H and O–H groups in total. The Morgan fingerprint density at radius 1 is 0.519 bits per heavy atom. The monoisotopic (exact) mass is 522 g/mol. The van der Waals surface area contributed by atoms with Crippen LogP contribution in [0, 0.1) is 0 Å². The Hall–Kier alpha value is -1.76. The Labute approximate surface area is 153 Å². The summed E-state index contributed by atoms with van der Waals surface area (Å²) in [6, 6.07) is 0. The van der Waals surface area contributed by atoms with Crippen LogP contribution in [-0.2, 0) is 30.0 Å². The van der Waals surface area contributed by atoms with Crippen molar-refractivity contribution >= 4 is 11.6 Å². The van der Waals surface area contributed by atoms with Gasteiger partial charge in [0.2, 0.25) is 11.5 Å². The topological polar surface area (TPSA) is 74.6 Å². The van der Waals surface area contributed by atoms with Gasteiger partial charge in [-0.3, -0.25) is 9.59 Å². The summed E-state index contributed by atoms with van der Waals surface area (Å²) in [7, 11) is 0. The summed E-state index contributed by atoms with van der Waals surface area (Å²) in [4.78, 5) is 19.7. The van der Waals surface area contributed by atoms with Gasteiger partial charge in [0.05, 0.1) is 0 Å². The molecule has 27 heavy (non-hydrogen) atoms. The van der Waals surface area contributed by atoms with Gasteiger partial charge in [-0.2, -0.15) is 52.7 Å². The fraction of sp³-hybridized carbons (Fsp3) is 0.400. The summed E-state index contributed by atoms with van der Waals surface area (Å²) < 4.78 is 136. The van der Waals surface area contributed by atoms with E-state index in [0.29, 0.717) is 0 Å². The van der Waals surface area contributed by atoms with E-state index in [0.717, 1.165) is 0 Å². The molecule has 0 aliphatic heterocycles. The van der Waals surface area contributed by atoms with Crippen LogP contribution in [0.25, 0.3) is 0 Å². The SMILES string of the molecule is O=C(C=C(O)C(F)(F)F)C(F)(F)F.O=C(C=C(O)C(F)(F)F)C(F)(F)F.[Pd]. The molecule has 0 unspecified atom stereocenters. The normalized spacial score (nSPS) is 13.9. The molecular weight excluding hydrogens is 519 g/mol. The second-order valence-corrected chi connectivity index (χ2v) is 3.78. The van der Waals surface area contributed by atoms with Crippen LogP contribution in [-0.4, -0.2) is 46.5 Å². The third-order valence-electron chi connectivity index (χ3n) is 1.68. The first-order valence-electron chi connectivity index (χ1n) is 5.28. The van der Waals surface area contributed by atoms with Crippen LogP contribution in [0.3, 0.4) is 0 Å². The molecule has 0 saturated heterocycles. The van der Waals surface area contributed by atoms with E-state index in [4.69, 9.17) is 10.2 Å². The van der Waals surface area contributed by atoms with Crippen molar-refractivity contribution in [1.82, 2.24) is 0 Å². The van der Waals surface area contributed by atoms with Crippen LogP contribution < -0.4 is 0 Å². The molecule has 0 fully saturated rings. The summed E-state index contributed by atoms with van der Waals surface area (Å²) in [5, 5.41) is 15.9. The summed E-state index contributed by atoms with van der Waals surface area (Å²) in [6.45, 7) is 0. The molecule has 0 saturated carbocycles. The quantitative estimate of drug-likeness (QED) is 0.246. The van der Waals surface area contributed by atoms with E-state index in [-0.39, 0.29) is 20.4 Å². The molecule has 17 heteroatoms. The van der Waals surface area contributed by atoms with Crippen molar-refractivity contribution in [2.75, 3.05) is 0 Å². The predicted octanol–water partition coefficient (Wildman–Crippen LogP) is 4.24. The average Bonchev–Trinajstić information content (AvgIpc) is 2.34. The molecule has 0 aliphatic rings. The number of hydrogen-bond donors (Lipinski definition) is 2. The molecule has 0 aromatic carbocycles. The van der Waals surface area contributed by atoms with Crippen LogP contribution >= 0.6 is 0 Å². The zero-order chi connectivity index (χ0) is 21.7. The molecule has 0 aromatic heterocycles. The number of alkyl halides is 12. The van der Waals surface area contributed by atoms with E-state index >= 15 is 0 Å². The zero-order valence-electron chi connectivity index (χ0n) is 11.7. The molecule has 0 bridgehead atoms. The number of aliphatic hydroxyl groups excluding tert-OH is 2. The first-order chi connectivity index (χ1) is 11.1. The first kappa shape index (κ1) is 30.0. The average molecular weight is 523 g/mol. The van der Waals surface area contributed by atoms with E-state index in [2.05, 4.69) is 0 Å². The Balaban J connectivity index is -0.000000411. The minimum absolute atomic E-state index is 0. The van der Waals surface area contributed by atoms with Crippen molar-refractivity contribution in [3.8, 4) is 0 Å². The van der Waals surface area contributed by atoms with Crippen molar-refractivity contribution in [3.05, 3.63) is 23.7 Å². The van der Waals surface area contributed by atoms with Gasteiger partial charge in [-0.1, -0.05) is 0 Å². The van der Waals surface area contributed by atoms with Gasteiger partial charge in [0.25, 0.3) is 11.6 Å². The van der Waals surface area contributed by atoms with Gasteiger partial charge < -0.3 is 10.2 Å². The molecule has 0 amide bonds. The van der Waals surface area contributed by atoms with E-state index in [9.17, 15) is 62.3 Å². The molecular formula is C10H4F12O4Pd. The van der Waals surface area contributed by atoms with E-state index in [1.54, 1.807) is 0 Å². The number of carbonyl (C=O) groups is 2. The van der Waals surface area contributed by atoms with Gasteiger partial charge in [-0.25, -0.2) is 0 Å². The van der Waals surface area contributed by atoms with Crippen LogP contribution in [0.4, 0.5) is 52.7 Å². The third kappa shape index (κ3) is 13.1. The Bertz CT molecular complexity index is 527. The predicted molar refractivity (Wildman–Crippen MR) is 55.7 cm³/mol. The Kier molecular flexibility index (Phi) is 11.1. The fourth-order valence-electron chi connectivity index (χ4n) is 0.576. The number of ketones is 2. The molecule has 0 aliphatic carbocycles. The van der Waals surface area contributed by atoms with Crippen molar-refractivity contribution in [1.29, 1.82) is 0 Å². The number of allylic oxidation sites excluding steroid dienone is 4. The summed E-state index contributed by atoms with van der Waals surface area (Å²) in [6.07, 6.45) is -23.4. The second kappa shape index (κ2) is 9.97. The van der Waals surface area contributed by atoms with Gasteiger partial charge in [-0.15, -0.1) is 0 Å². The first-order valence-corrected chi connectivity index (χ1v) is 5.28. The van der Waals surface area contributed by atoms with Gasteiger partial charge in [0.1, 0.15) is 0 Å². The largest absolute Gasteiger partial charge is 0.504 e. The molecule has 0 rings (SSSR count). The van der Waals surface area contributed by atoms with E-state index in [1.807, 2.05) is 0 Å². The van der Waals surface area contributed by atoms with Crippen molar-refractivity contribution < 1.29 is 92.9 Å². The van der Waals surface area contributed by atoms with E-state index in [1.165, 1.54) is 0 Å². The summed E-state index contributed by atoms with van der Waals surface area (Å²) >= 11 is 0. The maximum Gasteiger partial charge on any atom is 0.454 e. The molecule has 0 atom stereocenters. The van der Waals surface area contributed by atoms with Gasteiger partial charge >= 0.3 is 24.7 Å². The molecule has 0 spiro atoms. The molecule has 4 nitrogen and oxygen atoms in total. The maximum absolute atomic E-state index is 11.4. The standard InChI is InChI=1S/2C5H2F6O2.Pd/c2*6-4(7,8)2(12)1-3(13)5(9,10)11;/h2*1,12H;. The smallest absolute Gasteiger partial charge is 0.454 e. The van der Waals surface area contributed by atoms with Crippen molar-refractivity contribution in [2.24, 2.45) is 0 Å².